The highest BCUT2D eigenvalue weighted by Gasteiger charge is 2.07. The number of aromatic nitrogens is 1. The van der Waals surface area contributed by atoms with Crippen LogP contribution >= 0.6 is 12.2 Å². The second-order valence-corrected chi connectivity index (χ2v) is 4.68. The fraction of sp³-hybridized carbons (Fsp3) is 0.231. The first kappa shape index (κ1) is 11.8. The van der Waals surface area contributed by atoms with Gasteiger partial charge in [0.1, 0.15) is 10.8 Å². The minimum atomic E-state index is 0.322. The second kappa shape index (κ2) is 4.67. The molecule has 0 aliphatic heterocycles. The highest BCUT2D eigenvalue weighted by atomic mass is 32.1. The Bertz CT molecular complexity index is 564. The van der Waals surface area contributed by atoms with Crippen LogP contribution in [0.5, 0.6) is 0 Å². The normalized spacial score (nSPS) is 10.8. The lowest BCUT2D eigenvalue weighted by Crippen LogP contribution is -2.14. The third-order valence-electron chi connectivity index (χ3n) is 2.42. The average Bonchev–Trinajstić information content (AvgIpc) is 2.27. The Labute approximate surface area is 106 Å². The van der Waals surface area contributed by atoms with E-state index in [0.717, 1.165) is 22.3 Å². The number of nitrogens with zero attached hydrogens (tertiary/aromatic N) is 1. The first-order valence-corrected chi connectivity index (χ1v) is 5.95. The second-order valence-electron chi connectivity index (χ2n) is 4.24. The predicted octanol–water partition coefficient (Wildman–Crippen LogP) is 2.69. The van der Waals surface area contributed by atoms with Gasteiger partial charge in [-0.05, 0) is 26.0 Å². The van der Waals surface area contributed by atoms with Crippen LogP contribution in [0.1, 0.15) is 19.4 Å². The van der Waals surface area contributed by atoms with E-state index >= 15 is 0 Å². The molecule has 0 unspecified atom stereocenters. The molecule has 17 heavy (non-hydrogen) atoms. The maximum absolute atomic E-state index is 5.76. The van der Waals surface area contributed by atoms with Crippen molar-refractivity contribution in [3.8, 4) is 0 Å². The largest absolute Gasteiger partial charge is 0.389 e. The van der Waals surface area contributed by atoms with E-state index in [4.69, 9.17) is 18.0 Å². The van der Waals surface area contributed by atoms with Gasteiger partial charge < -0.3 is 11.1 Å². The van der Waals surface area contributed by atoms with Gasteiger partial charge in [-0.15, -0.1) is 0 Å². The van der Waals surface area contributed by atoms with Gasteiger partial charge in [-0.2, -0.15) is 0 Å². The third kappa shape index (κ3) is 2.53. The first-order chi connectivity index (χ1) is 8.08. The van der Waals surface area contributed by atoms with Crippen molar-refractivity contribution in [2.24, 2.45) is 5.73 Å². The van der Waals surface area contributed by atoms with Gasteiger partial charge in [0.15, 0.2) is 0 Å². The van der Waals surface area contributed by atoms with Crippen LogP contribution in [0.25, 0.3) is 10.9 Å². The summed E-state index contributed by atoms with van der Waals surface area (Å²) in [6, 6.07) is 10.1. The van der Waals surface area contributed by atoms with E-state index in [1.807, 2.05) is 30.3 Å². The number of thiocarbonyl (C=S) groups is 1. The van der Waals surface area contributed by atoms with Crippen molar-refractivity contribution < 1.29 is 0 Å². The van der Waals surface area contributed by atoms with E-state index < -0.39 is 0 Å². The summed E-state index contributed by atoms with van der Waals surface area (Å²) in [5, 5.41) is 4.26. The van der Waals surface area contributed by atoms with E-state index in [2.05, 4.69) is 24.1 Å². The molecule has 0 bridgehead atoms. The number of benzene rings is 1. The molecule has 0 aliphatic carbocycles. The van der Waals surface area contributed by atoms with Crippen molar-refractivity contribution in [1.29, 1.82) is 0 Å². The number of pyridine rings is 1. The summed E-state index contributed by atoms with van der Waals surface area (Å²) in [6.07, 6.45) is 0. The molecule has 0 amide bonds. The van der Waals surface area contributed by atoms with E-state index in [0.29, 0.717) is 11.0 Å². The van der Waals surface area contributed by atoms with Crippen LogP contribution in [0.3, 0.4) is 0 Å². The van der Waals surface area contributed by atoms with Crippen molar-refractivity contribution in [2.45, 2.75) is 19.9 Å². The Balaban J connectivity index is 2.63. The number of anilines is 1. The molecule has 0 fully saturated rings. The van der Waals surface area contributed by atoms with Crippen molar-refractivity contribution in [3.63, 3.8) is 0 Å². The van der Waals surface area contributed by atoms with Crippen LogP contribution in [0.15, 0.2) is 30.3 Å². The molecule has 4 heteroatoms. The van der Waals surface area contributed by atoms with Gasteiger partial charge >= 0.3 is 0 Å². The van der Waals surface area contributed by atoms with Crippen LogP contribution in [-0.4, -0.2) is 16.0 Å². The van der Waals surface area contributed by atoms with E-state index in [1.54, 1.807) is 0 Å². The summed E-state index contributed by atoms with van der Waals surface area (Å²) < 4.78 is 0. The van der Waals surface area contributed by atoms with Crippen LogP contribution in [0.4, 0.5) is 5.82 Å². The SMILES string of the molecule is CC(C)Nc1cc(C(N)=S)c2ccccc2n1. The molecule has 1 aromatic carbocycles. The lowest BCUT2D eigenvalue weighted by Gasteiger charge is -2.12. The highest BCUT2D eigenvalue weighted by molar-refractivity contribution is 7.80. The number of para-hydroxylation sites is 1. The lowest BCUT2D eigenvalue weighted by molar-refractivity contribution is 0.891. The summed E-state index contributed by atoms with van der Waals surface area (Å²) >= 11 is 5.08. The summed E-state index contributed by atoms with van der Waals surface area (Å²) in [4.78, 5) is 4.93. The minimum absolute atomic E-state index is 0.322. The standard InChI is InChI=1S/C13H15N3S/c1-8(2)15-12-7-10(13(14)17)9-5-3-4-6-11(9)16-12/h3-8H,1-2H3,(H2,14,17)(H,15,16). The molecule has 2 rings (SSSR count). The molecule has 1 aromatic heterocycles. The number of nitrogens with two attached hydrogens (primary N) is 1. The van der Waals surface area contributed by atoms with Gasteiger partial charge in [0.05, 0.1) is 5.52 Å². The molecule has 0 atom stereocenters. The average molecular weight is 245 g/mol. The molecule has 3 nitrogen and oxygen atoms in total. The van der Waals surface area contributed by atoms with Gasteiger partial charge in [0, 0.05) is 17.0 Å². The van der Waals surface area contributed by atoms with Gasteiger partial charge in [0.2, 0.25) is 0 Å². The predicted molar refractivity (Wildman–Crippen MR) is 76.4 cm³/mol. The maximum Gasteiger partial charge on any atom is 0.127 e. The molecular formula is C13H15N3S. The number of hydrogen-bond acceptors (Lipinski definition) is 3. The maximum atomic E-state index is 5.76. The topological polar surface area (TPSA) is 50.9 Å². The van der Waals surface area contributed by atoms with Crippen molar-refractivity contribution >= 4 is 33.9 Å². The summed E-state index contributed by atoms with van der Waals surface area (Å²) in [6.45, 7) is 4.13. The van der Waals surface area contributed by atoms with E-state index in [9.17, 15) is 0 Å². The summed E-state index contributed by atoms with van der Waals surface area (Å²) in [5.41, 5.74) is 7.53. The molecule has 0 aliphatic rings. The Morgan fingerprint density at radius 1 is 1.35 bits per heavy atom. The Morgan fingerprint density at radius 2 is 2.06 bits per heavy atom. The minimum Gasteiger partial charge on any atom is -0.389 e. The number of nitrogens with one attached hydrogen (secondary N) is 1. The number of rotatable bonds is 3. The van der Waals surface area contributed by atoms with E-state index in [-0.39, 0.29) is 0 Å². The van der Waals surface area contributed by atoms with Gasteiger partial charge in [0.25, 0.3) is 0 Å². The zero-order valence-electron chi connectivity index (χ0n) is 9.90. The van der Waals surface area contributed by atoms with Gasteiger partial charge in [-0.25, -0.2) is 4.98 Å². The monoisotopic (exact) mass is 245 g/mol. The van der Waals surface area contributed by atoms with Crippen LogP contribution < -0.4 is 11.1 Å². The number of fused-ring (bicyclic) bond motifs is 1. The fourth-order valence-electron chi connectivity index (χ4n) is 1.75. The first-order valence-electron chi connectivity index (χ1n) is 5.54. The lowest BCUT2D eigenvalue weighted by atomic mass is 10.1. The van der Waals surface area contributed by atoms with Crippen molar-refractivity contribution in [1.82, 2.24) is 4.98 Å². The van der Waals surface area contributed by atoms with E-state index in [1.165, 1.54) is 0 Å². The zero-order chi connectivity index (χ0) is 12.4. The Hall–Kier alpha value is -1.68. The fourth-order valence-corrected chi connectivity index (χ4v) is 1.92. The molecular weight excluding hydrogens is 230 g/mol. The zero-order valence-corrected chi connectivity index (χ0v) is 10.7. The molecule has 0 radical (unpaired) electrons. The van der Waals surface area contributed by atoms with Gasteiger partial charge in [-0.1, -0.05) is 30.4 Å². The van der Waals surface area contributed by atoms with Crippen LogP contribution in [0.2, 0.25) is 0 Å². The van der Waals surface area contributed by atoms with Crippen LogP contribution in [-0.2, 0) is 0 Å². The Morgan fingerprint density at radius 3 is 2.71 bits per heavy atom. The molecule has 3 N–H and O–H groups in total. The Kier molecular flexibility index (Phi) is 3.24. The van der Waals surface area contributed by atoms with Crippen molar-refractivity contribution in [2.75, 3.05) is 5.32 Å². The quantitative estimate of drug-likeness (QED) is 0.816. The van der Waals surface area contributed by atoms with Crippen molar-refractivity contribution in [3.05, 3.63) is 35.9 Å². The summed E-state index contributed by atoms with van der Waals surface area (Å²) in [7, 11) is 0. The smallest absolute Gasteiger partial charge is 0.127 e. The molecule has 1 heterocycles. The molecule has 0 spiro atoms. The molecule has 0 saturated carbocycles. The molecule has 88 valence electrons. The van der Waals surface area contributed by atoms with Crippen LogP contribution in [0, 0.1) is 0 Å². The highest BCUT2D eigenvalue weighted by Crippen LogP contribution is 2.21. The summed E-state index contributed by atoms with van der Waals surface area (Å²) in [5.74, 6) is 0.807. The third-order valence-corrected chi connectivity index (χ3v) is 2.64. The molecule has 2 aromatic rings. The van der Waals surface area contributed by atoms with Gasteiger partial charge in [-0.3, -0.25) is 0 Å². The number of hydrogen-bond donors (Lipinski definition) is 2. The molecule has 0 saturated heterocycles.